The second-order valence-corrected chi connectivity index (χ2v) is 5.94. The predicted octanol–water partition coefficient (Wildman–Crippen LogP) is 4.32. The predicted molar refractivity (Wildman–Crippen MR) is 80.1 cm³/mol. The molecule has 2 heteroatoms. The Labute approximate surface area is 119 Å². The monoisotopic (exact) mass is 272 g/mol. The van der Waals surface area contributed by atoms with Crippen LogP contribution in [0.3, 0.4) is 0 Å². The van der Waals surface area contributed by atoms with E-state index in [0.29, 0.717) is 17.2 Å². The average Bonchev–Trinajstić information content (AvgIpc) is 2.51. The van der Waals surface area contributed by atoms with Crippen molar-refractivity contribution in [3.05, 3.63) is 47.8 Å². The third kappa shape index (κ3) is 2.57. The van der Waals surface area contributed by atoms with Gasteiger partial charge in [-0.05, 0) is 48.1 Å². The molecule has 1 aliphatic carbocycles. The molecule has 0 heterocycles. The van der Waals surface area contributed by atoms with E-state index in [9.17, 15) is 9.50 Å². The molecule has 0 radical (unpaired) electrons. The molecule has 0 aliphatic heterocycles. The van der Waals surface area contributed by atoms with Crippen LogP contribution in [0.25, 0.3) is 10.8 Å². The summed E-state index contributed by atoms with van der Waals surface area (Å²) in [6.45, 7) is 0.282. The molecule has 1 saturated carbocycles. The fraction of sp³-hybridized carbons (Fsp3) is 0.444. The maximum absolute atomic E-state index is 13.8. The van der Waals surface area contributed by atoms with Crippen LogP contribution < -0.4 is 0 Å². The molecule has 2 atom stereocenters. The van der Waals surface area contributed by atoms with Crippen molar-refractivity contribution in [1.29, 1.82) is 0 Å². The molecule has 2 unspecified atom stereocenters. The van der Waals surface area contributed by atoms with Crippen LogP contribution in [0.2, 0.25) is 0 Å². The summed E-state index contributed by atoms with van der Waals surface area (Å²) in [5, 5.41) is 11.3. The number of fused-ring (bicyclic) bond motifs is 1. The molecule has 0 saturated heterocycles. The van der Waals surface area contributed by atoms with Crippen molar-refractivity contribution in [2.75, 3.05) is 6.61 Å². The second-order valence-electron chi connectivity index (χ2n) is 5.94. The molecule has 0 amide bonds. The van der Waals surface area contributed by atoms with Crippen molar-refractivity contribution in [1.82, 2.24) is 0 Å². The van der Waals surface area contributed by atoms with E-state index in [2.05, 4.69) is 0 Å². The van der Waals surface area contributed by atoms with Gasteiger partial charge in [0.1, 0.15) is 5.82 Å². The first-order valence-electron chi connectivity index (χ1n) is 7.56. The van der Waals surface area contributed by atoms with Crippen LogP contribution in [0, 0.1) is 17.7 Å². The molecule has 3 rings (SSSR count). The van der Waals surface area contributed by atoms with Crippen molar-refractivity contribution in [3.63, 3.8) is 0 Å². The van der Waals surface area contributed by atoms with Crippen molar-refractivity contribution in [2.24, 2.45) is 11.8 Å². The lowest BCUT2D eigenvalue weighted by atomic mass is 9.76. The van der Waals surface area contributed by atoms with Gasteiger partial charge in [0, 0.05) is 12.0 Å². The molecule has 20 heavy (non-hydrogen) atoms. The van der Waals surface area contributed by atoms with Crippen molar-refractivity contribution < 1.29 is 9.50 Å². The maximum Gasteiger partial charge on any atom is 0.131 e. The van der Waals surface area contributed by atoms with Crippen LogP contribution in [0.15, 0.2) is 36.4 Å². The minimum atomic E-state index is -0.147. The van der Waals surface area contributed by atoms with Crippen LogP contribution >= 0.6 is 0 Å². The number of benzene rings is 2. The van der Waals surface area contributed by atoms with Crippen LogP contribution in [0.4, 0.5) is 4.39 Å². The normalized spacial score (nSPS) is 23.1. The van der Waals surface area contributed by atoms with E-state index in [-0.39, 0.29) is 12.4 Å². The van der Waals surface area contributed by atoms with Crippen LogP contribution in [0.1, 0.15) is 31.2 Å². The SMILES string of the molecule is OCC1CCCCC1Cc1ccc(F)c2ccccc12. The summed E-state index contributed by atoms with van der Waals surface area (Å²) in [5.74, 6) is 0.793. The van der Waals surface area contributed by atoms with E-state index in [0.717, 1.165) is 18.2 Å². The third-order valence-corrected chi connectivity index (χ3v) is 4.74. The smallest absolute Gasteiger partial charge is 0.131 e. The molecule has 0 bridgehead atoms. The van der Waals surface area contributed by atoms with E-state index in [1.165, 1.54) is 24.8 Å². The minimum absolute atomic E-state index is 0.147. The zero-order chi connectivity index (χ0) is 13.9. The van der Waals surface area contributed by atoms with Gasteiger partial charge in [0.15, 0.2) is 0 Å². The largest absolute Gasteiger partial charge is 0.396 e. The lowest BCUT2D eigenvalue weighted by molar-refractivity contribution is 0.134. The number of aliphatic hydroxyl groups excluding tert-OH is 1. The quantitative estimate of drug-likeness (QED) is 0.882. The average molecular weight is 272 g/mol. The van der Waals surface area contributed by atoms with E-state index in [1.54, 1.807) is 6.07 Å². The molecular weight excluding hydrogens is 251 g/mol. The third-order valence-electron chi connectivity index (χ3n) is 4.74. The van der Waals surface area contributed by atoms with E-state index >= 15 is 0 Å². The first kappa shape index (κ1) is 13.6. The summed E-state index contributed by atoms with van der Waals surface area (Å²) in [6.07, 6.45) is 5.73. The summed E-state index contributed by atoms with van der Waals surface area (Å²) in [5.41, 5.74) is 1.22. The molecule has 1 fully saturated rings. The fourth-order valence-corrected chi connectivity index (χ4v) is 3.58. The fourth-order valence-electron chi connectivity index (χ4n) is 3.58. The zero-order valence-corrected chi connectivity index (χ0v) is 11.7. The minimum Gasteiger partial charge on any atom is -0.396 e. The van der Waals surface area contributed by atoms with Crippen LogP contribution in [0.5, 0.6) is 0 Å². The van der Waals surface area contributed by atoms with Crippen molar-refractivity contribution in [2.45, 2.75) is 32.1 Å². The number of hydrogen-bond acceptors (Lipinski definition) is 1. The van der Waals surface area contributed by atoms with Gasteiger partial charge in [-0.1, -0.05) is 43.2 Å². The summed E-state index contributed by atoms with van der Waals surface area (Å²) in [7, 11) is 0. The number of halogens is 1. The van der Waals surface area contributed by atoms with E-state index in [4.69, 9.17) is 0 Å². The molecule has 106 valence electrons. The molecule has 1 nitrogen and oxygen atoms in total. The Morgan fingerprint density at radius 2 is 1.65 bits per heavy atom. The first-order valence-corrected chi connectivity index (χ1v) is 7.56. The first-order chi connectivity index (χ1) is 9.79. The molecule has 1 N–H and O–H groups in total. The van der Waals surface area contributed by atoms with Crippen LogP contribution in [-0.4, -0.2) is 11.7 Å². The van der Waals surface area contributed by atoms with Gasteiger partial charge in [-0.3, -0.25) is 0 Å². The summed E-state index contributed by atoms with van der Waals surface area (Å²) in [6, 6.07) is 11.2. The second kappa shape index (κ2) is 5.92. The van der Waals surface area contributed by atoms with Gasteiger partial charge in [0.25, 0.3) is 0 Å². The Bertz CT molecular complexity index is 593. The van der Waals surface area contributed by atoms with Gasteiger partial charge in [0.05, 0.1) is 0 Å². The lowest BCUT2D eigenvalue weighted by Crippen LogP contribution is -2.24. The molecule has 0 spiro atoms. The van der Waals surface area contributed by atoms with Gasteiger partial charge in [-0.2, -0.15) is 0 Å². The highest BCUT2D eigenvalue weighted by molar-refractivity contribution is 5.86. The Balaban J connectivity index is 1.92. The van der Waals surface area contributed by atoms with Crippen LogP contribution in [-0.2, 0) is 6.42 Å². The molecule has 0 aromatic heterocycles. The Morgan fingerprint density at radius 3 is 2.40 bits per heavy atom. The maximum atomic E-state index is 13.8. The van der Waals surface area contributed by atoms with Gasteiger partial charge in [0.2, 0.25) is 0 Å². The Morgan fingerprint density at radius 1 is 0.950 bits per heavy atom. The Kier molecular flexibility index (Phi) is 4.02. The van der Waals surface area contributed by atoms with Gasteiger partial charge in [-0.15, -0.1) is 0 Å². The number of rotatable bonds is 3. The lowest BCUT2D eigenvalue weighted by Gasteiger charge is -2.30. The highest BCUT2D eigenvalue weighted by Gasteiger charge is 2.25. The molecule has 1 aliphatic rings. The van der Waals surface area contributed by atoms with Crippen molar-refractivity contribution in [3.8, 4) is 0 Å². The Hall–Kier alpha value is -1.41. The number of hydrogen-bond donors (Lipinski definition) is 1. The summed E-state index contributed by atoms with van der Waals surface area (Å²) < 4.78 is 13.8. The number of aliphatic hydroxyl groups is 1. The molecule has 2 aromatic rings. The standard InChI is InChI=1S/C18H21FO/c19-18-10-9-14(16-7-3-4-8-17(16)18)11-13-5-1-2-6-15(13)12-20/h3-4,7-10,13,15,20H,1-2,5-6,11-12H2. The van der Waals surface area contributed by atoms with Gasteiger partial charge >= 0.3 is 0 Å². The highest BCUT2D eigenvalue weighted by Crippen LogP contribution is 2.34. The summed E-state index contributed by atoms with van der Waals surface area (Å²) >= 11 is 0. The van der Waals surface area contributed by atoms with E-state index < -0.39 is 0 Å². The van der Waals surface area contributed by atoms with E-state index in [1.807, 2.05) is 30.3 Å². The van der Waals surface area contributed by atoms with Crippen molar-refractivity contribution >= 4 is 10.8 Å². The topological polar surface area (TPSA) is 20.2 Å². The molecular formula is C18H21FO. The van der Waals surface area contributed by atoms with Gasteiger partial charge in [-0.25, -0.2) is 4.39 Å². The molecule has 2 aromatic carbocycles. The highest BCUT2D eigenvalue weighted by atomic mass is 19.1. The summed E-state index contributed by atoms with van der Waals surface area (Å²) in [4.78, 5) is 0. The zero-order valence-electron chi connectivity index (χ0n) is 11.7. The van der Waals surface area contributed by atoms with Gasteiger partial charge < -0.3 is 5.11 Å².